The number of thiazole rings is 1. The number of nitrogens with zero attached hydrogens (tertiary/aromatic N) is 2. The zero-order chi connectivity index (χ0) is 28.4. The third-order valence-corrected chi connectivity index (χ3v) is 7.87. The molecule has 40 heavy (non-hydrogen) atoms. The summed E-state index contributed by atoms with van der Waals surface area (Å²) in [6, 6.07) is 9.15. The summed E-state index contributed by atoms with van der Waals surface area (Å²) >= 11 is 1.59. The van der Waals surface area contributed by atoms with Crippen LogP contribution in [0.3, 0.4) is 0 Å². The van der Waals surface area contributed by atoms with Crippen LogP contribution < -0.4 is 10.6 Å². The second-order valence-corrected chi connectivity index (χ2v) is 10.8. The number of carbonyl (C=O) groups is 3. The molecule has 0 fully saturated rings. The van der Waals surface area contributed by atoms with Crippen molar-refractivity contribution in [3.63, 3.8) is 0 Å². The van der Waals surface area contributed by atoms with Crippen LogP contribution >= 0.6 is 11.3 Å². The average molecular weight is 567 g/mol. The van der Waals surface area contributed by atoms with Gasteiger partial charge >= 0.3 is 5.97 Å². The Hall–Kier alpha value is -4.12. The fraction of sp³-hybridized carbons (Fsp3) is 0.310. The zero-order valence-corrected chi connectivity index (χ0v) is 22.8. The van der Waals surface area contributed by atoms with E-state index in [1.165, 1.54) is 11.8 Å². The van der Waals surface area contributed by atoms with E-state index in [0.717, 1.165) is 59.4 Å². The lowest BCUT2D eigenvalue weighted by Crippen LogP contribution is -2.42. The maximum Gasteiger partial charge on any atom is 0.314 e. The number of anilines is 1. The van der Waals surface area contributed by atoms with Gasteiger partial charge in [0.05, 0.1) is 30.3 Å². The number of esters is 1. The van der Waals surface area contributed by atoms with Gasteiger partial charge in [0.15, 0.2) is 4.96 Å². The van der Waals surface area contributed by atoms with Gasteiger partial charge in [0.1, 0.15) is 17.7 Å². The minimum absolute atomic E-state index is 0.175. The molecule has 0 spiro atoms. The number of imidazole rings is 1. The van der Waals surface area contributed by atoms with Crippen molar-refractivity contribution in [3.8, 4) is 11.3 Å². The van der Waals surface area contributed by atoms with Crippen LogP contribution in [-0.2, 0) is 32.0 Å². The Morgan fingerprint density at radius 1 is 1.15 bits per heavy atom. The van der Waals surface area contributed by atoms with E-state index in [-0.39, 0.29) is 23.9 Å². The molecule has 2 N–H and O–H groups in total. The highest BCUT2D eigenvalue weighted by Crippen LogP contribution is 2.39. The molecular formula is C29H28F2N4O4S. The van der Waals surface area contributed by atoms with Gasteiger partial charge in [-0.05, 0) is 62.9 Å². The minimum Gasteiger partial charge on any atom is -0.465 e. The summed E-state index contributed by atoms with van der Waals surface area (Å²) in [5.41, 5.74) is 3.26. The van der Waals surface area contributed by atoms with Crippen LogP contribution in [0.5, 0.6) is 0 Å². The molecule has 4 aromatic rings. The van der Waals surface area contributed by atoms with Crippen molar-refractivity contribution in [2.75, 3.05) is 11.9 Å². The monoisotopic (exact) mass is 566 g/mol. The van der Waals surface area contributed by atoms with Gasteiger partial charge in [-0.3, -0.25) is 18.8 Å². The highest BCUT2D eigenvalue weighted by molar-refractivity contribution is 7.17. The number of halogens is 2. The van der Waals surface area contributed by atoms with Crippen molar-refractivity contribution < 1.29 is 27.9 Å². The van der Waals surface area contributed by atoms with E-state index in [1.807, 2.05) is 29.7 Å². The maximum atomic E-state index is 13.4. The van der Waals surface area contributed by atoms with Gasteiger partial charge in [-0.2, -0.15) is 0 Å². The number of amides is 2. The number of carbonyl (C=O) groups excluding carboxylic acids is 3. The molecular weight excluding hydrogens is 538 g/mol. The second kappa shape index (κ2) is 11.5. The van der Waals surface area contributed by atoms with Gasteiger partial charge in [0.2, 0.25) is 11.8 Å². The topological polar surface area (TPSA) is 102 Å². The Bertz CT molecular complexity index is 1560. The molecule has 208 valence electrons. The van der Waals surface area contributed by atoms with E-state index in [0.29, 0.717) is 12.3 Å². The predicted octanol–water partition coefficient (Wildman–Crippen LogP) is 5.01. The third kappa shape index (κ3) is 5.89. The lowest BCUT2D eigenvalue weighted by Gasteiger charge is -2.20. The maximum absolute atomic E-state index is 13.4. The largest absolute Gasteiger partial charge is 0.465 e. The van der Waals surface area contributed by atoms with Crippen LogP contribution in [0.4, 0.5) is 14.5 Å². The molecule has 2 aromatic heterocycles. The molecule has 0 radical (unpaired) electrons. The van der Waals surface area contributed by atoms with E-state index in [2.05, 4.69) is 10.6 Å². The van der Waals surface area contributed by atoms with Crippen molar-refractivity contribution in [1.82, 2.24) is 14.7 Å². The molecule has 2 amide bonds. The smallest absolute Gasteiger partial charge is 0.314 e. The molecule has 2 aromatic carbocycles. The number of rotatable bonds is 8. The third-order valence-electron chi connectivity index (χ3n) is 6.74. The Labute approximate surface area is 233 Å². The van der Waals surface area contributed by atoms with Crippen molar-refractivity contribution in [1.29, 1.82) is 0 Å². The number of aryl methyl sites for hydroxylation is 1. The summed E-state index contributed by atoms with van der Waals surface area (Å²) in [5.74, 6) is -3.01. The van der Waals surface area contributed by atoms with Gasteiger partial charge in [0, 0.05) is 28.4 Å². The molecule has 1 aliphatic rings. The van der Waals surface area contributed by atoms with Crippen LogP contribution in [-0.4, -0.2) is 39.8 Å². The molecule has 1 unspecified atom stereocenters. The highest BCUT2D eigenvalue weighted by atomic mass is 32.1. The van der Waals surface area contributed by atoms with Crippen molar-refractivity contribution in [2.24, 2.45) is 0 Å². The Balaban J connectivity index is 1.23. The minimum atomic E-state index is -0.871. The quantitative estimate of drug-likeness (QED) is 0.292. The number of ether oxygens (including phenoxy) is 1. The Morgan fingerprint density at radius 3 is 2.58 bits per heavy atom. The fourth-order valence-corrected chi connectivity index (χ4v) is 6.10. The molecule has 0 saturated carbocycles. The Kier molecular flexibility index (Phi) is 7.92. The molecule has 2 atom stereocenters. The van der Waals surface area contributed by atoms with Gasteiger partial charge in [-0.25, -0.2) is 13.8 Å². The number of nitrogens with one attached hydrogen (secondary N) is 2. The van der Waals surface area contributed by atoms with Crippen LogP contribution in [0.1, 0.15) is 48.7 Å². The fourth-order valence-electron chi connectivity index (χ4n) is 4.89. The molecule has 5 rings (SSSR count). The van der Waals surface area contributed by atoms with Crippen molar-refractivity contribution in [3.05, 3.63) is 76.4 Å². The van der Waals surface area contributed by atoms with Gasteiger partial charge in [0.25, 0.3) is 0 Å². The first-order valence-corrected chi connectivity index (χ1v) is 13.9. The van der Waals surface area contributed by atoms with E-state index in [4.69, 9.17) is 9.72 Å². The first-order valence-electron chi connectivity index (χ1n) is 13.0. The lowest BCUT2D eigenvalue weighted by molar-refractivity contribution is -0.145. The van der Waals surface area contributed by atoms with Crippen LogP contribution in [0.2, 0.25) is 0 Å². The summed E-state index contributed by atoms with van der Waals surface area (Å²) in [4.78, 5) is 44.2. The van der Waals surface area contributed by atoms with Crippen LogP contribution in [0, 0.1) is 11.6 Å². The zero-order valence-electron chi connectivity index (χ0n) is 22.0. The van der Waals surface area contributed by atoms with E-state index < -0.39 is 29.5 Å². The number of hydrogen-bond donors (Lipinski definition) is 2. The second-order valence-electron chi connectivity index (χ2n) is 9.70. The summed E-state index contributed by atoms with van der Waals surface area (Å²) in [6.07, 6.45) is 4.28. The molecule has 0 aliphatic heterocycles. The van der Waals surface area contributed by atoms with Crippen LogP contribution in [0.25, 0.3) is 16.2 Å². The molecule has 0 bridgehead atoms. The highest BCUT2D eigenvalue weighted by Gasteiger charge is 2.32. The molecule has 1 aliphatic carbocycles. The van der Waals surface area contributed by atoms with Gasteiger partial charge < -0.3 is 15.4 Å². The number of benzene rings is 2. The molecule has 0 saturated heterocycles. The predicted molar refractivity (Wildman–Crippen MR) is 147 cm³/mol. The average Bonchev–Trinajstić information content (AvgIpc) is 3.46. The molecule has 8 nitrogen and oxygen atoms in total. The SMILES string of the molecule is CCOC(=O)C1CCCc2sc3nc(-c4ccc(NC(=O)[C@H](C)NC(=O)Cc5cc(F)cc(F)c5)cc4)cn3c21. The summed E-state index contributed by atoms with van der Waals surface area (Å²) in [5, 5.41) is 5.29. The number of hydrogen-bond acceptors (Lipinski definition) is 6. The van der Waals surface area contributed by atoms with E-state index in [9.17, 15) is 23.2 Å². The molecule has 2 heterocycles. The summed E-state index contributed by atoms with van der Waals surface area (Å²) in [6.45, 7) is 3.68. The van der Waals surface area contributed by atoms with Gasteiger partial charge in [-0.1, -0.05) is 12.1 Å². The summed E-state index contributed by atoms with van der Waals surface area (Å²) < 4.78 is 34.0. The van der Waals surface area contributed by atoms with E-state index >= 15 is 0 Å². The molecule has 11 heteroatoms. The van der Waals surface area contributed by atoms with Crippen molar-refractivity contribution in [2.45, 2.75) is 51.5 Å². The van der Waals surface area contributed by atoms with Crippen LogP contribution in [0.15, 0.2) is 48.7 Å². The van der Waals surface area contributed by atoms with E-state index in [1.54, 1.807) is 23.5 Å². The van der Waals surface area contributed by atoms with Gasteiger partial charge in [-0.15, -0.1) is 11.3 Å². The summed E-state index contributed by atoms with van der Waals surface area (Å²) in [7, 11) is 0. The number of aromatic nitrogens is 2. The lowest BCUT2D eigenvalue weighted by atomic mass is 9.91. The number of fused-ring (bicyclic) bond motifs is 3. The van der Waals surface area contributed by atoms with Crippen molar-refractivity contribution >= 4 is 39.8 Å². The first kappa shape index (κ1) is 27.4. The Morgan fingerprint density at radius 2 is 1.88 bits per heavy atom. The standard InChI is InChI=1S/C29H28F2N4O4S/c1-3-39-28(38)22-5-4-6-24-26(22)35-15-23(34-29(35)40-24)18-7-9-21(10-8-18)33-27(37)16(2)32-25(36)13-17-11-19(30)14-20(31)12-17/h7-12,14-16,22H,3-6,13H2,1-2H3,(H,32,36)(H,33,37)/t16-,22?/m0/s1. The first-order chi connectivity index (χ1) is 19.2. The normalized spacial score (nSPS) is 15.3.